The zero-order valence-electron chi connectivity index (χ0n) is 17.9. The van der Waals surface area contributed by atoms with Gasteiger partial charge >= 0.3 is 0 Å². The van der Waals surface area contributed by atoms with E-state index in [4.69, 9.17) is 4.74 Å². The van der Waals surface area contributed by atoms with Crippen LogP contribution in [-0.2, 0) is 13.0 Å². The molecule has 0 aliphatic heterocycles. The Bertz CT molecular complexity index is 732. The molecule has 0 aliphatic carbocycles. The molecule has 0 heterocycles. The second-order valence-electron chi connectivity index (χ2n) is 7.62. The highest BCUT2D eigenvalue weighted by molar-refractivity contribution is 5.61. The predicted octanol–water partition coefficient (Wildman–Crippen LogP) is 8.58. The van der Waals surface area contributed by atoms with E-state index in [0.717, 1.165) is 12.0 Å². The smallest absolute Gasteiger partial charge is 0.161 e. The van der Waals surface area contributed by atoms with E-state index in [1.54, 1.807) is 24.3 Å². The zero-order chi connectivity index (χ0) is 20.9. The third kappa shape index (κ3) is 8.39. The molecule has 29 heavy (non-hydrogen) atoms. The highest BCUT2D eigenvalue weighted by Gasteiger charge is 2.08. The van der Waals surface area contributed by atoms with Gasteiger partial charge in [-0.1, -0.05) is 70.2 Å². The molecule has 0 aliphatic rings. The van der Waals surface area contributed by atoms with Crippen molar-refractivity contribution in [3.8, 4) is 5.75 Å². The normalized spacial score (nSPS) is 12.0. The van der Waals surface area contributed by atoms with Crippen molar-refractivity contribution in [2.45, 2.75) is 78.2 Å². The summed E-state index contributed by atoms with van der Waals surface area (Å²) in [5.41, 5.74) is 2.72. The van der Waals surface area contributed by atoms with Crippen molar-refractivity contribution in [1.82, 2.24) is 0 Å². The molecule has 3 heteroatoms. The average molecular weight is 401 g/mol. The lowest BCUT2D eigenvalue weighted by molar-refractivity contribution is 0.306. The van der Waals surface area contributed by atoms with Gasteiger partial charge < -0.3 is 4.74 Å². The van der Waals surface area contributed by atoms with Crippen molar-refractivity contribution >= 4 is 5.83 Å². The standard InChI is InChI=1S/C26H34F2O/c1-3-5-6-7-8-9-11-21-12-14-22(15-13-21)20-29-24-18-16-23(17-19-24)26(28)25(27)10-4-2/h12-19H,3-11,20H2,1-2H3/b26-25+. The first-order valence-electron chi connectivity index (χ1n) is 11.0. The summed E-state index contributed by atoms with van der Waals surface area (Å²) in [7, 11) is 0. The first kappa shape index (κ1) is 23.1. The second kappa shape index (κ2) is 13.1. The number of rotatable bonds is 13. The summed E-state index contributed by atoms with van der Waals surface area (Å²) >= 11 is 0. The Balaban J connectivity index is 1.77. The molecule has 0 saturated heterocycles. The third-order valence-corrected chi connectivity index (χ3v) is 5.06. The number of hydrogen-bond donors (Lipinski definition) is 0. The van der Waals surface area contributed by atoms with E-state index >= 15 is 0 Å². The molecule has 0 N–H and O–H groups in total. The van der Waals surface area contributed by atoms with E-state index < -0.39 is 11.7 Å². The summed E-state index contributed by atoms with van der Waals surface area (Å²) in [4.78, 5) is 0. The molecule has 2 aromatic carbocycles. The summed E-state index contributed by atoms with van der Waals surface area (Å²) in [6.45, 7) is 4.53. The van der Waals surface area contributed by atoms with Crippen LogP contribution in [-0.4, -0.2) is 0 Å². The van der Waals surface area contributed by atoms with E-state index in [-0.39, 0.29) is 12.0 Å². The molecule has 0 atom stereocenters. The van der Waals surface area contributed by atoms with Crippen LogP contribution < -0.4 is 4.74 Å². The van der Waals surface area contributed by atoms with Crippen LogP contribution in [0.4, 0.5) is 8.78 Å². The number of unbranched alkanes of at least 4 members (excludes halogenated alkanes) is 5. The van der Waals surface area contributed by atoms with Crippen LogP contribution in [0, 0.1) is 0 Å². The molecule has 2 rings (SSSR count). The van der Waals surface area contributed by atoms with Crippen LogP contribution in [0.1, 0.15) is 81.9 Å². The van der Waals surface area contributed by atoms with Gasteiger partial charge in [0.25, 0.3) is 0 Å². The fraction of sp³-hybridized carbons (Fsp3) is 0.462. The lowest BCUT2D eigenvalue weighted by Crippen LogP contribution is -1.96. The van der Waals surface area contributed by atoms with Gasteiger partial charge in [-0.15, -0.1) is 0 Å². The van der Waals surface area contributed by atoms with Crippen molar-refractivity contribution in [1.29, 1.82) is 0 Å². The molecule has 158 valence electrons. The topological polar surface area (TPSA) is 9.23 Å². The maximum atomic E-state index is 14.0. The molecule has 0 spiro atoms. The SMILES string of the molecule is CCCCCCCCc1ccc(COc2ccc(/C(F)=C(\F)CCC)cc2)cc1. The van der Waals surface area contributed by atoms with Gasteiger partial charge in [0.05, 0.1) is 0 Å². The predicted molar refractivity (Wildman–Crippen MR) is 118 cm³/mol. The van der Waals surface area contributed by atoms with Crippen molar-refractivity contribution in [2.24, 2.45) is 0 Å². The van der Waals surface area contributed by atoms with Crippen LogP contribution >= 0.6 is 0 Å². The van der Waals surface area contributed by atoms with E-state index in [0.29, 0.717) is 18.8 Å². The summed E-state index contributed by atoms with van der Waals surface area (Å²) in [6.07, 6.45) is 9.71. The molecule has 2 aromatic rings. The Hall–Kier alpha value is -2.16. The monoisotopic (exact) mass is 400 g/mol. The minimum atomic E-state index is -0.778. The molecular formula is C26H34F2O. The molecule has 0 fully saturated rings. The van der Waals surface area contributed by atoms with Crippen molar-refractivity contribution in [2.75, 3.05) is 0 Å². The number of allylic oxidation sites excluding steroid dienone is 1. The van der Waals surface area contributed by atoms with Gasteiger partial charge in [-0.25, -0.2) is 8.78 Å². The quantitative estimate of drug-likeness (QED) is 0.306. The molecular weight excluding hydrogens is 366 g/mol. The van der Waals surface area contributed by atoms with E-state index in [1.807, 2.05) is 6.92 Å². The highest BCUT2D eigenvalue weighted by Crippen LogP contribution is 2.26. The van der Waals surface area contributed by atoms with Gasteiger partial charge in [0.1, 0.15) is 18.2 Å². The number of benzene rings is 2. The van der Waals surface area contributed by atoms with Gasteiger partial charge in [-0.2, -0.15) is 0 Å². The molecule has 0 aromatic heterocycles. The minimum Gasteiger partial charge on any atom is -0.489 e. The first-order valence-corrected chi connectivity index (χ1v) is 11.0. The van der Waals surface area contributed by atoms with Crippen LogP contribution in [0.15, 0.2) is 54.4 Å². The number of aryl methyl sites for hydroxylation is 1. The van der Waals surface area contributed by atoms with Gasteiger partial charge in [0.2, 0.25) is 0 Å². The van der Waals surface area contributed by atoms with E-state index in [1.165, 1.54) is 44.1 Å². The van der Waals surface area contributed by atoms with Gasteiger partial charge in [-0.3, -0.25) is 0 Å². The third-order valence-electron chi connectivity index (χ3n) is 5.06. The van der Waals surface area contributed by atoms with Gasteiger partial charge in [0.15, 0.2) is 5.83 Å². The molecule has 0 bridgehead atoms. The van der Waals surface area contributed by atoms with Crippen LogP contribution in [0.25, 0.3) is 5.83 Å². The summed E-state index contributed by atoms with van der Waals surface area (Å²) in [6, 6.07) is 15.0. The van der Waals surface area contributed by atoms with Crippen molar-refractivity contribution < 1.29 is 13.5 Å². The molecule has 0 unspecified atom stereocenters. The largest absolute Gasteiger partial charge is 0.489 e. The lowest BCUT2D eigenvalue weighted by atomic mass is 10.0. The number of halogens is 2. The van der Waals surface area contributed by atoms with E-state index in [2.05, 4.69) is 31.2 Å². The van der Waals surface area contributed by atoms with Gasteiger partial charge in [-0.05, 0) is 54.7 Å². The number of hydrogen-bond acceptors (Lipinski definition) is 1. The first-order chi connectivity index (χ1) is 14.1. The Labute approximate surface area is 174 Å². The maximum absolute atomic E-state index is 14.0. The Morgan fingerprint density at radius 2 is 1.34 bits per heavy atom. The highest BCUT2D eigenvalue weighted by atomic mass is 19.2. The maximum Gasteiger partial charge on any atom is 0.161 e. The Morgan fingerprint density at radius 3 is 2.00 bits per heavy atom. The van der Waals surface area contributed by atoms with Crippen molar-refractivity contribution in [3.05, 3.63) is 71.0 Å². The summed E-state index contributed by atoms with van der Waals surface area (Å²) in [5, 5.41) is 0. The van der Waals surface area contributed by atoms with Crippen molar-refractivity contribution in [3.63, 3.8) is 0 Å². The molecule has 0 saturated carbocycles. The average Bonchev–Trinajstić information content (AvgIpc) is 2.75. The number of ether oxygens (including phenoxy) is 1. The van der Waals surface area contributed by atoms with Crippen LogP contribution in [0.3, 0.4) is 0 Å². The Morgan fingerprint density at radius 1 is 0.724 bits per heavy atom. The zero-order valence-corrected chi connectivity index (χ0v) is 17.9. The second-order valence-corrected chi connectivity index (χ2v) is 7.62. The molecule has 1 nitrogen and oxygen atoms in total. The molecule has 0 radical (unpaired) electrons. The minimum absolute atomic E-state index is 0.124. The van der Waals surface area contributed by atoms with Gasteiger partial charge in [0, 0.05) is 12.0 Å². The summed E-state index contributed by atoms with van der Waals surface area (Å²) < 4.78 is 33.3. The molecule has 0 amide bonds. The lowest BCUT2D eigenvalue weighted by Gasteiger charge is -2.08. The van der Waals surface area contributed by atoms with Crippen LogP contribution in [0.5, 0.6) is 5.75 Å². The Kier molecular flexibility index (Phi) is 10.5. The summed E-state index contributed by atoms with van der Waals surface area (Å²) in [5.74, 6) is -0.824. The van der Waals surface area contributed by atoms with E-state index in [9.17, 15) is 8.78 Å². The fourth-order valence-electron chi connectivity index (χ4n) is 3.26. The van der Waals surface area contributed by atoms with Crippen LogP contribution in [0.2, 0.25) is 0 Å². The fourth-order valence-corrected chi connectivity index (χ4v) is 3.26.